The molecule has 0 aliphatic carbocycles. The van der Waals surface area contributed by atoms with E-state index in [0.717, 1.165) is 15.7 Å². The Morgan fingerprint density at radius 1 is 1.07 bits per heavy atom. The molecule has 0 unspecified atom stereocenters. The van der Waals surface area contributed by atoms with Crippen molar-refractivity contribution in [3.63, 3.8) is 0 Å². The molecule has 8 heteroatoms. The molecule has 2 amide bonds. The fourth-order valence-corrected chi connectivity index (χ4v) is 3.36. The van der Waals surface area contributed by atoms with Crippen molar-refractivity contribution < 1.29 is 9.59 Å². The van der Waals surface area contributed by atoms with Crippen molar-refractivity contribution in [2.24, 2.45) is 0 Å². The number of carbonyl (C=O) groups excluding carboxylic acids is 2. The maximum Gasteiger partial charge on any atom is 0.238 e. The topological polar surface area (TPSA) is 61.4 Å². The molecule has 0 radical (unpaired) electrons. The lowest BCUT2D eigenvalue weighted by Crippen LogP contribution is -2.32. The molecule has 5 nitrogen and oxygen atoms in total. The van der Waals surface area contributed by atoms with Crippen LogP contribution >= 0.6 is 39.1 Å². The Balaban J connectivity index is 1.80. The Hall–Kier alpha value is -1.60. The van der Waals surface area contributed by atoms with E-state index in [4.69, 9.17) is 23.2 Å². The van der Waals surface area contributed by atoms with Crippen LogP contribution in [-0.2, 0) is 9.59 Å². The van der Waals surface area contributed by atoms with Crippen LogP contribution in [0.25, 0.3) is 0 Å². The summed E-state index contributed by atoms with van der Waals surface area (Å²) in [4.78, 5) is 26.1. The predicted octanol–water partition coefficient (Wildman–Crippen LogP) is 4.96. The van der Waals surface area contributed by atoms with Crippen LogP contribution in [0.3, 0.4) is 0 Å². The molecule has 2 rings (SSSR count). The number of anilines is 2. The molecule has 0 atom stereocenters. The van der Waals surface area contributed by atoms with Gasteiger partial charge < -0.3 is 10.6 Å². The molecule has 0 saturated heterocycles. The molecular formula is C19H20BrCl2N3O2. The van der Waals surface area contributed by atoms with Gasteiger partial charge in [0.05, 0.1) is 22.3 Å². The van der Waals surface area contributed by atoms with Gasteiger partial charge in [-0.1, -0.05) is 45.2 Å². The number of hydrogen-bond acceptors (Lipinski definition) is 3. The summed E-state index contributed by atoms with van der Waals surface area (Å²) in [5.74, 6) is -0.363. The van der Waals surface area contributed by atoms with Crippen molar-refractivity contribution >= 4 is 62.3 Å². The lowest BCUT2D eigenvalue weighted by molar-refractivity contribution is -0.119. The highest BCUT2D eigenvalue weighted by atomic mass is 79.9. The standard InChI is InChI=1S/C19H20BrCl2N3O2/c1-12-10-13(20)6-7-16(12)23-18(27)11-25(2)9-8-17(26)24-19-14(21)4-3-5-15(19)22/h3-7,10H,8-9,11H2,1-2H3,(H,23,27)(H,24,26). The monoisotopic (exact) mass is 471 g/mol. The van der Waals surface area contributed by atoms with Crippen molar-refractivity contribution in [2.75, 3.05) is 30.8 Å². The van der Waals surface area contributed by atoms with Gasteiger partial charge in [-0.15, -0.1) is 0 Å². The van der Waals surface area contributed by atoms with Gasteiger partial charge in [0.25, 0.3) is 0 Å². The van der Waals surface area contributed by atoms with Gasteiger partial charge in [-0.25, -0.2) is 0 Å². The Morgan fingerprint density at radius 2 is 1.74 bits per heavy atom. The summed E-state index contributed by atoms with van der Waals surface area (Å²) in [6.45, 7) is 2.52. The van der Waals surface area contributed by atoms with Crippen molar-refractivity contribution in [3.05, 3.63) is 56.5 Å². The average Bonchev–Trinajstić information content (AvgIpc) is 2.59. The minimum absolute atomic E-state index is 0.141. The Kier molecular flexibility index (Phi) is 8.10. The smallest absolute Gasteiger partial charge is 0.238 e. The summed E-state index contributed by atoms with van der Waals surface area (Å²) >= 11 is 15.5. The first-order valence-electron chi connectivity index (χ1n) is 8.24. The highest BCUT2D eigenvalue weighted by molar-refractivity contribution is 9.10. The summed E-state index contributed by atoms with van der Waals surface area (Å²) in [6, 6.07) is 10.7. The van der Waals surface area contributed by atoms with Crippen LogP contribution in [0.2, 0.25) is 10.0 Å². The largest absolute Gasteiger partial charge is 0.325 e. The second-order valence-electron chi connectivity index (χ2n) is 6.14. The van der Waals surface area contributed by atoms with E-state index >= 15 is 0 Å². The predicted molar refractivity (Wildman–Crippen MR) is 115 cm³/mol. The van der Waals surface area contributed by atoms with Gasteiger partial charge in [0, 0.05) is 23.1 Å². The second kappa shape index (κ2) is 10.1. The fourth-order valence-electron chi connectivity index (χ4n) is 2.39. The first-order valence-corrected chi connectivity index (χ1v) is 9.79. The van der Waals surface area contributed by atoms with E-state index < -0.39 is 0 Å². The summed E-state index contributed by atoms with van der Waals surface area (Å²) < 4.78 is 0.958. The fraction of sp³-hybridized carbons (Fsp3) is 0.263. The number of rotatable bonds is 7. The van der Waals surface area contributed by atoms with E-state index in [1.807, 2.05) is 25.1 Å². The molecule has 0 aliphatic heterocycles. The highest BCUT2D eigenvalue weighted by Gasteiger charge is 2.12. The van der Waals surface area contributed by atoms with Gasteiger partial charge in [0.1, 0.15) is 0 Å². The maximum atomic E-state index is 12.2. The van der Waals surface area contributed by atoms with E-state index in [1.165, 1.54) is 0 Å². The summed E-state index contributed by atoms with van der Waals surface area (Å²) in [5.41, 5.74) is 2.14. The number of nitrogens with one attached hydrogen (secondary N) is 2. The van der Waals surface area contributed by atoms with E-state index in [0.29, 0.717) is 22.3 Å². The Bertz CT molecular complexity index is 825. The number of carbonyl (C=O) groups is 2. The van der Waals surface area contributed by atoms with Crippen molar-refractivity contribution in [3.8, 4) is 0 Å². The first-order chi connectivity index (χ1) is 12.8. The molecular weight excluding hydrogens is 453 g/mol. The molecule has 0 bridgehead atoms. The van der Waals surface area contributed by atoms with Gasteiger partial charge in [-0.3, -0.25) is 14.5 Å². The van der Waals surface area contributed by atoms with Gasteiger partial charge in [-0.05, 0) is 49.9 Å². The lowest BCUT2D eigenvalue weighted by atomic mass is 10.2. The van der Waals surface area contributed by atoms with E-state index in [9.17, 15) is 9.59 Å². The Labute approximate surface area is 177 Å². The molecule has 0 aromatic heterocycles. The van der Waals surface area contributed by atoms with Gasteiger partial charge in [0.2, 0.25) is 11.8 Å². The van der Waals surface area contributed by atoms with Crippen LogP contribution in [0, 0.1) is 6.92 Å². The third kappa shape index (κ3) is 6.81. The number of halogens is 3. The molecule has 0 fully saturated rings. The Morgan fingerprint density at radius 3 is 2.37 bits per heavy atom. The number of likely N-dealkylation sites (N-methyl/N-ethyl adjacent to an activating group) is 1. The molecule has 0 aliphatic rings. The van der Waals surface area contributed by atoms with E-state index in [2.05, 4.69) is 26.6 Å². The number of hydrogen-bond donors (Lipinski definition) is 2. The van der Waals surface area contributed by atoms with Gasteiger partial charge in [-0.2, -0.15) is 0 Å². The molecule has 0 heterocycles. The third-order valence-corrected chi connectivity index (χ3v) is 4.95. The van der Waals surface area contributed by atoms with Crippen molar-refractivity contribution in [2.45, 2.75) is 13.3 Å². The summed E-state index contributed by atoms with van der Waals surface area (Å²) in [5, 5.41) is 6.34. The highest BCUT2D eigenvalue weighted by Crippen LogP contribution is 2.29. The normalized spacial score (nSPS) is 10.7. The average molecular weight is 473 g/mol. The third-order valence-electron chi connectivity index (χ3n) is 3.82. The maximum absolute atomic E-state index is 12.2. The van der Waals surface area contributed by atoms with Gasteiger partial charge >= 0.3 is 0 Å². The minimum atomic E-state index is -0.221. The van der Waals surface area contributed by atoms with Gasteiger partial charge in [0.15, 0.2) is 0 Å². The van der Waals surface area contributed by atoms with Crippen molar-refractivity contribution in [1.29, 1.82) is 0 Å². The molecule has 2 aromatic carbocycles. The SMILES string of the molecule is Cc1cc(Br)ccc1NC(=O)CN(C)CCC(=O)Nc1c(Cl)cccc1Cl. The molecule has 27 heavy (non-hydrogen) atoms. The van der Waals surface area contributed by atoms with Crippen LogP contribution in [0.5, 0.6) is 0 Å². The first kappa shape index (κ1) is 21.7. The number of para-hydroxylation sites is 1. The molecule has 0 spiro atoms. The zero-order valence-corrected chi connectivity index (χ0v) is 18.1. The molecule has 2 aromatic rings. The second-order valence-corrected chi connectivity index (χ2v) is 7.87. The quantitative estimate of drug-likeness (QED) is 0.598. The van der Waals surface area contributed by atoms with Crippen LogP contribution in [0.4, 0.5) is 11.4 Å². The number of amides is 2. The zero-order valence-electron chi connectivity index (χ0n) is 15.0. The van der Waals surface area contributed by atoms with Crippen LogP contribution < -0.4 is 10.6 Å². The van der Waals surface area contributed by atoms with Crippen LogP contribution in [0.15, 0.2) is 40.9 Å². The number of nitrogens with zero attached hydrogens (tertiary/aromatic N) is 1. The summed E-state index contributed by atoms with van der Waals surface area (Å²) in [7, 11) is 1.78. The van der Waals surface area contributed by atoms with E-state index in [1.54, 1.807) is 30.1 Å². The number of benzene rings is 2. The minimum Gasteiger partial charge on any atom is -0.325 e. The van der Waals surface area contributed by atoms with Crippen LogP contribution in [0.1, 0.15) is 12.0 Å². The zero-order chi connectivity index (χ0) is 20.0. The number of aryl methyl sites for hydroxylation is 1. The molecule has 144 valence electrons. The van der Waals surface area contributed by atoms with E-state index in [-0.39, 0.29) is 24.8 Å². The molecule has 2 N–H and O–H groups in total. The summed E-state index contributed by atoms with van der Waals surface area (Å²) in [6.07, 6.45) is 0.211. The van der Waals surface area contributed by atoms with Crippen molar-refractivity contribution in [1.82, 2.24) is 4.90 Å². The van der Waals surface area contributed by atoms with Crippen LogP contribution in [-0.4, -0.2) is 36.9 Å². The molecule has 0 saturated carbocycles. The lowest BCUT2D eigenvalue weighted by Gasteiger charge is -2.17.